The number of hydrogen-bond donors (Lipinski definition) is 1. The summed E-state index contributed by atoms with van der Waals surface area (Å²) in [4.78, 5) is 10.8. The average molecular weight is 748 g/mol. The first kappa shape index (κ1) is 34.2. The summed E-state index contributed by atoms with van der Waals surface area (Å²) in [6, 6.07) is 62.4. The summed E-state index contributed by atoms with van der Waals surface area (Å²) in [6.45, 7) is 4.49. The predicted octanol–water partition coefficient (Wildman–Crippen LogP) is 12.5. The summed E-state index contributed by atoms with van der Waals surface area (Å²) in [7, 11) is 0. The fourth-order valence-corrected chi connectivity index (χ4v) is 9.87. The molecule has 4 nitrogen and oxygen atoms in total. The number of amidine groups is 2. The summed E-state index contributed by atoms with van der Waals surface area (Å²) < 4.78 is 7.15. The summed E-state index contributed by atoms with van der Waals surface area (Å²) >= 11 is 0. The fraction of sp³-hybridized carbons (Fsp3) is 0.111. The van der Waals surface area contributed by atoms with Crippen molar-refractivity contribution in [1.29, 1.82) is 0 Å². The monoisotopic (exact) mass is 747 g/mol. The number of aliphatic imine (C=N–C) groups is 2. The van der Waals surface area contributed by atoms with Crippen LogP contribution in [0.1, 0.15) is 59.2 Å². The van der Waals surface area contributed by atoms with E-state index in [2.05, 4.69) is 195 Å². The Morgan fingerprint density at radius 3 is 1.90 bits per heavy atom. The number of rotatable bonds is 5. The average Bonchev–Trinajstić information content (AvgIpc) is 3.58. The highest BCUT2D eigenvalue weighted by Crippen LogP contribution is 2.64. The SMILES string of the molecule is CC1CC=CC2=C1C1(c3ccccc3Oc3c(-c4ccccc4C4=NC(C)(c5ccc(-c6ccccc6)cc5)N=C(c5ccccc5)N4)cccc31)c1ccccc12. The molecule has 4 heteroatoms. The number of ether oxygens (including phenoxy) is 1. The predicted molar refractivity (Wildman–Crippen MR) is 236 cm³/mol. The zero-order valence-electron chi connectivity index (χ0n) is 32.5. The number of fused-ring (bicyclic) bond motifs is 8. The van der Waals surface area contributed by atoms with Gasteiger partial charge in [-0.1, -0.05) is 189 Å². The minimum Gasteiger partial charge on any atom is -0.456 e. The number of nitrogens with zero attached hydrogens (tertiary/aromatic N) is 2. The van der Waals surface area contributed by atoms with E-state index < -0.39 is 11.1 Å². The Kier molecular flexibility index (Phi) is 7.84. The first-order chi connectivity index (χ1) is 28.5. The van der Waals surface area contributed by atoms with Crippen LogP contribution in [0.4, 0.5) is 0 Å². The van der Waals surface area contributed by atoms with Gasteiger partial charge in [0.15, 0.2) is 5.66 Å². The molecule has 7 aromatic rings. The van der Waals surface area contributed by atoms with Crippen LogP contribution in [-0.4, -0.2) is 11.7 Å². The Hall–Kier alpha value is -7.04. The first-order valence-electron chi connectivity index (χ1n) is 20.2. The summed E-state index contributed by atoms with van der Waals surface area (Å²) in [5, 5.41) is 3.70. The van der Waals surface area contributed by atoms with E-state index in [1.807, 2.05) is 12.1 Å². The van der Waals surface area contributed by atoms with E-state index in [0.717, 1.165) is 63.0 Å². The molecule has 7 aromatic carbocycles. The lowest BCUT2D eigenvalue weighted by Crippen LogP contribution is -2.41. The van der Waals surface area contributed by atoms with Gasteiger partial charge in [0.25, 0.3) is 0 Å². The Labute approximate surface area is 339 Å². The lowest BCUT2D eigenvalue weighted by molar-refractivity contribution is 0.426. The van der Waals surface area contributed by atoms with Crippen molar-refractivity contribution < 1.29 is 4.74 Å². The molecule has 2 aliphatic carbocycles. The van der Waals surface area contributed by atoms with Crippen LogP contribution < -0.4 is 10.1 Å². The molecule has 4 aliphatic rings. The topological polar surface area (TPSA) is 46.0 Å². The van der Waals surface area contributed by atoms with Crippen molar-refractivity contribution in [3.63, 3.8) is 0 Å². The Morgan fingerprint density at radius 1 is 0.534 bits per heavy atom. The van der Waals surface area contributed by atoms with E-state index >= 15 is 0 Å². The zero-order chi connectivity index (χ0) is 38.8. The number of benzene rings is 7. The van der Waals surface area contributed by atoms with Gasteiger partial charge in [-0.25, -0.2) is 9.98 Å². The second-order valence-electron chi connectivity index (χ2n) is 15.9. The second-order valence-corrected chi connectivity index (χ2v) is 15.9. The lowest BCUT2D eigenvalue weighted by Gasteiger charge is -2.43. The standard InChI is InChI=1S/C54H41N3O/c1-35-17-15-25-42-41-23-11-12-27-45(41)54(49(35)42)46-28-13-14-30-48(46)58-50-43(26-16-29-47(50)54)40-22-9-10-24-44(40)52-55-51(38-20-7-4-8-21-38)56-53(2,57-52)39-33-31-37(32-34-39)36-18-5-3-6-19-36/h3-16,18-35H,17H2,1-2H3,(H,55,56,57). The highest BCUT2D eigenvalue weighted by molar-refractivity contribution is 6.18. The van der Waals surface area contributed by atoms with E-state index in [4.69, 9.17) is 14.7 Å². The van der Waals surface area contributed by atoms with E-state index in [1.54, 1.807) is 0 Å². The third-order valence-electron chi connectivity index (χ3n) is 12.5. The van der Waals surface area contributed by atoms with E-state index in [0.29, 0.717) is 5.92 Å². The molecule has 0 saturated heterocycles. The molecule has 2 heterocycles. The highest BCUT2D eigenvalue weighted by atomic mass is 16.5. The highest BCUT2D eigenvalue weighted by Gasteiger charge is 2.54. The van der Waals surface area contributed by atoms with E-state index in [9.17, 15) is 0 Å². The molecule has 1 spiro atoms. The molecule has 0 radical (unpaired) electrons. The maximum Gasteiger partial charge on any atom is 0.177 e. The van der Waals surface area contributed by atoms with Crippen LogP contribution in [0.15, 0.2) is 204 Å². The van der Waals surface area contributed by atoms with Crippen molar-refractivity contribution in [1.82, 2.24) is 5.32 Å². The van der Waals surface area contributed by atoms with Gasteiger partial charge in [-0.15, -0.1) is 0 Å². The van der Waals surface area contributed by atoms with Crippen molar-refractivity contribution >= 4 is 17.2 Å². The molecule has 1 N–H and O–H groups in total. The molecule has 0 aromatic heterocycles. The molecule has 0 bridgehead atoms. The van der Waals surface area contributed by atoms with Gasteiger partial charge in [-0.3, -0.25) is 0 Å². The van der Waals surface area contributed by atoms with Crippen molar-refractivity contribution in [2.45, 2.75) is 31.3 Å². The van der Waals surface area contributed by atoms with Crippen LogP contribution in [0.25, 0.3) is 27.8 Å². The molecule has 11 rings (SSSR count). The van der Waals surface area contributed by atoms with Crippen LogP contribution >= 0.6 is 0 Å². The minimum absolute atomic E-state index is 0.346. The smallest absolute Gasteiger partial charge is 0.177 e. The van der Waals surface area contributed by atoms with E-state index in [1.165, 1.54) is 39.0 Å². The van der Waals surface area contributed by atoms with Crippen LogP contribution in [0.2, 0.25) is 0 Å². The van der Waals surface area contributed by atoms with Gasteiger partial charge >= 0.3 is 0 Å². The quantitative estimate of drug-likeness (QED) is 0.191. The van der Waals surface area contributed by atoms with Gasteiger partial charge in [0, 0.05) is 33.4 Å². The largest absolute Gasteiger partial charge is 0.456 e. The van der Waals surface area contributed by atoms with Crippen LogP contribution in [0.5, 0.6) is 11.5 Å². The number of hydrogen-bond acceptors (Lipinski definition) is 4. The maximum atomic E-state index is 7.15. The molecule has 0 amide bonds. The molecule has 58 heavy (non-hydrogen) atoms. The van der Waals surface area contributed by atoms with Crippen molar-refractivity contribution in [2.75, 3.05) is 0 Å². The van der Waals surface area contributed by atoms with Gasteiger partial charge in [-0.05, 0) is 64.3 Å². The van der Waals surface area contributed by atoms with Gasteiger partial charge in [-0.2, -0.15) is 0 Å². The number of para-hydroxylation sites is 2. The summed E-state index contributed by atoms with van der Waals surface area (Å²) in [5.41, 5.74) is 13.8. The molecular formula is C54H41N3O. The van der Waals surface area contributed by atoms with Gasteiger partial charge in [0.1, 0.15) is 23.2 Å². The van der Waals surface area contributed by atoms with Crippen molar-refractivity contribution in [3.8, 4) is 33.8 Å². The zero-order valence-corrected chi connectivity index (χ0v) is 32.5. The normalized spacial score (nSPS) is 21.2. The molecule has 0 saturated carbocycles. The summed E-state index contributed by atoms with van der Waals surface area (Å²) in [5.74, 6) is 3.65. The lowest BCUT2D eigenvalue weighted by atomic mass is 9.61. The van der Waals surface area contributed by atoms with Crippen LogP contribution in [0.3, 0.4) is 0 Å². The van der Waals surface area contributed by atoms with Gasteiger partial charge in [0.05, 0.1) is 5.41 Å². The first-order valence-corrected chi connectivity index (χ1v) is 20.2. The third-order valence-corrected chi connectivity index (χ3v) is 12.5. The molecule has 0 fully saturated rings. The minimum atomic E-state index is -0.898. The summed E-state index contributed by atoms with van der Waals surface area (Å²) in [6.07, 6.45) is 5.69. The Balaban J connectivity index is 1.10. The second kappa shape index (κ2) is 13.3. The Morgan fingerprint density at radius 2 is 1.12 bits per heavy atom. The molecule has 278 valence electrons. The molecule has 3 unspecified atom stereocenters. The van der Waals surface area contributed by atoms with Crippen molar-refractivity contribution in [2.24, 2.45) is 15.9 Å². The number of allylic oxidation sites excluding steroid dienone is 4. The van der Waals surface area contributed by atoms with E-state index in [-0.39, 0.29) is 0 Å². The third kappa shape index (κ3) is 5.14. The fourth-order valence-electron chi connectivity index (χ4n) is 9.87. The van der Waals surface area contributed by atoms with Gasteiger partial charge < -0.3 is 10.1 Å². The number of nitrogens with one attached hydrogen (secondary N) is 1. The van der Waals surface area contributed by atoms with Gasteiger partial charge in [0.2, 0.25) is 0 Å². The van der Waals surface area contributed by atoms with Crippen LogP contribution in [0, 0.1) is 5.92 Å². The molecular weight excluding hydrogens is 707 g/mol. The van der Waals surface area contributed by atoms with Crippen molar-refractivity contribution in [3.05, 3.63) is 233 Å². The molecule has 3 atom stereocenters. The Bertz CT molecular complexity index is 2890. The molecule has 2 aliphatic heterocycles. The van der Waals surface area contributed by atoms with Crippen LogP contribution in [-0.2, 0) is 11.1 Å². The maximum absolute atomic E-state index is 7.15.